The van der Waals surface area contributed by atoms with E-state index in [0.717, 1.165) is 32.0 Å². The zero-order chi connectivity index (χ0) is 27.5. The highest BCUT2D eigenvalue weighted by molar-refractivity contribution is 5.94. The van der Waals surface area contributed by atoms with E-state index in [1.165, 1.54) is 28.9 Å². The maximum Gasteiger partial charge on any atom is 0.417 e. The van der Waals surface area contributed by atoms with Crippen molar-refractivity contribution >= 4 is 17.6 Å². The minimum absolute atomic E-state index is 0.0701. The fourth-order valence-electron chi connectivity index (χ4n) is 5.22. The van der Waals surface area contributed by atoms with Crippen molar-refractivity contribution in [1.29, 1.82) is 0 Å². The van der Waals surface area contributed by atoms with Crippen LogP contribution in [0, 0.1) is 5.41 Å². The van der Waals surface area contributed by atoms with E-state index < -0.39 is 29.7 Å². The molecule has 1 amide bonds. The van der Waals surface area contributed by atoms with Crippen LogP contribution in [0.2, 0.25) is 0 Å². The molecule has 0 saturated carbocycles. The third kappa shape index (κ3) is 6.72. The molecule has 0 bridgehead atoms. The average molecular weight is 531 g/mol. The van der Waals surface area contributed by atoms with Crippen LogP contribution >= 0.6 is 0 Å². The van der Waals surface area contributed by atoms with Crippen LogP contribution in [-0.4, -0.2) is 57.3 Å². The predicted molar refractivity (Wildman–Crippen MR) is 138 cm³/mol. The lowest BCUT2D eigenvalue weighted by Gasteiger charge is -2.38. The Morgan fingerprint density at radius 2 is 2.00 bits per heavy atom. The maximum absolute atomic E-state index is 13.8. The molecule has 2 N–H and O–H groups in total. The standard InChI is InChI=1S/C28H33F3N4O3/c1-27(2)13-7-14-34(18-27)15-12-19(16-25(36)37)32-26(38)23-17-24(35(33-23)20-8-3-4-9-20)21-10-5-6-11-22(21)28(29,30)31/h3-6,8,10-11,17,19H,7,9,12-16,18H2,1-2H3,(H,32,38)(H,36,37)/t19-/m0/s1. The first-order valence-corrected chi connectivity index (χ1v) is 12.8. The summed E-state index contributed by atoms with van der Waals surface area (Å²) in [5.41, 5.74) is -0.0285. The SMILES string of the molecule is CC1(C)CCCN(CC[C@@H](CC(=O)O)NC(=O)c2cc(-c3ccccc3C(F)(F)F)n(C3=CC=CC3)n2)C1. The molecule has 0 spiro atoms. The zero-order valence-corrected chi connectivity index (χ0v) is 21.6. The van der Waals surface area contributed by atoms with Crippen molar-refractivity contribution in [3.05, 3.63) is 59.8 Å². The number of nitrogens with one attached hydrogen (secondary N) is 1. The van der Waals surface area contributed by atoms with Crippen LogP contribution in [0.4, 0.5) is 13.2 Å². The first-order chi connectivity index (χ1) is 17.9. The molecule has 1 atom stereocenters. The van der Waals surface area contributed by atoms with E-state index >= 15 is 0 Å². The van der Waals surface area contributed by atoms with E-state index in [-0.39, 0.29) is 28.8 Å². The van der Waals surface area contributed by atoms with Crippen molar-refractivity contribution in [2.75, 3.05) is 19.6 Å². The fourth-order valence-corrected chi connectivity index (χ4v) is 5.22. The fraction of sp³-hybridized carbons (Fsp3) is 0.464. The number of rotatable bonds is 9. The van der Waals surface area contributed by atoms with Crippen LogP contribution in [0.25, 0.3) is 17.0 Å². The number of aromatic nitrogens is 2. The summed E-state index contributed by atoms with van der Waals surface area (Å²) in [5.74, 6) is -1.66. The van der Waals surface area contributed by atoms with Gasteiger partial charge in [0.15, 0.2) is 5.69 Å². The highest BCUT2D eigenvalue weighted by atomic mass is 19.4. The molecule has 204 valence electrons. The number of amides is 1. The van der Waals surface area contributed by atoms with Crippen LogP contribution in [0.3, 0.4) is 0 Å². The number of carbonyl (C=O) groups is 2. The van der Waals surface area contributed by atoms with Gasteiger partial charge in [-0.15, -0.1) is 0 Å². The topological polar surface area (TPSA) is 87.5 Å². The van der Waals surface area contributed by atoms with Gasteiger partial charge in [-0.2, -0.15) is 18.3 Å². The highest BCUT2D eigenvalue weighted by Gasteiger charge is 2.35. The number of hydrogen-bond donors (Lipinski definition) is 2. The molecule has 2 aromatic rings. The number of alkyl halides is 3. The van der Waals surface area contributed by atoms with E-state index in [4.69, 9.17) is 0 Å². The smallest absolute Gasteiger partial charge is 0.417 e. The number of carboxylic acids is 1. The van der Waals surface area contributed by atoms with E-state index in [2.05, 4.69) is 29.2 Å². The van der Waals surface area contributed by atoms with Crippen LogP contribution in [0.5, 0.6) is 0 Å². The van der Waals surface area contributed by atoms with E-state index in [0.29, 0.717) is 25.1 Å². The number of halogens is 3. The van der Waals surface area contributed by atoms with Crippen LogP contribution in [0.15, 0.2) is 48.6 Å². The molecule has 4 rings (SSSR count). The lowest BCUT2D eigenvalue weighted by molar-refractivity contribution is -0.138. The Morgan fingerprint density at radius 1 is 1.24 bits per heavy atom. The Balaban J connectivity index is 1.58. The highest BCUT2D eigenvalue weighted by Crippen LogP contribution is 2.38. The summed E-state index contributed by atoms with van der Waals surface area (Å²) in [7, 11) is 0. The number of piperidine rings is 1. The minimum atomic E-state index is -4.59. The second-order valence-corrected chi connectivity index (χ2v) is 10.8. The molecule has 1 aliphatic carbocycles. The minimum Gasteiger partial charge on any atom is -0.481 e. The summed E-state index contributed by atoms with van der Waals surface area (Å²) < 4.78 is 42.7. The summed E-state index contributed by atoms with van der Waals surface area (Å²) in [6.45, 7) is 6.87. The Kier molecular flexibility index (Phi) is 8.10. The van der Waals surface area contributed by atoms with Gasteiger partial charge < -0.3 is 15.3 Å². The quantitative estimate of drug-likeness (QED) is 0.450. The van der Waals surface area contributed by atoms with Crippen molar-refractivity contribution in [3.63, 3.8) is 0 Å². The molecule has 1 aliphatic heterocycles. The molecule has 10 heteroatoms. The lowest BCUT2D eigenvalue weighted by atomic mass is 9.84. The molecule has 1 aromatic carbocycles. The Morgan fingerprint density at radius 3 is 2.66 bits per heavy atom. The third-order valence-electron chi connectivity index (χ3n) is 7.00. The van der Waals surface area contributed by atoms with Gasteiger partial charge in [0.25, 0.3) is 5.91 Å². The van der Waals surface area contributed by atoms with Crippen molar-refractivity contribution in [2.24, 2.45) is 5.41 Å². The molecule has 0 radical (unpaired) electrons. The first kappa shape index (κ1) is 27.6. The van der Waals surface area contributed by atoms with Gasteiger partial charge in [0, 0.05) is 36.8 Å². The monoisotopic (exact) mass is 530 g/mol. The van der Waals surface area contributed by atoms with Crippen molar-refractivity contribution in [1.82, 2.24) is 20.0 Å². The number of benzene rings is 1. The van der Waals surface area contributed by atoms with Crippen molar-refractivity contribution < 1.29 is 27.9 Å². The molecule has 1 fully saturated rings. The third-order valence-corrected chi connectivity index (χ3v) is 7.00. The van der Waals surface area contributed by atoms with E-state index in [9.17, 15) is 27.9 Å². The van der Waals surface area contributed by atoms with Gasteiger partial charge >= 0.3 is 12.1 Å². The van der Waals surface area contributed by atoms with Gasteiger partial charge in [0.05, 0.1) is 17.7 Å². The van der Waals surface area contributed by atoms with Gasteiger partial charge in [-0.05, 0) is 49.4 Å². The maximum atomic E-state index is 13.8. The van der Waals surface area contributed by atoms with Crippen LogP contribution < -0.4 is 5.32 Å². The summed E-state index contributed by atoms with van der Waals surface area (Å²) in [5, 5.41) is 16.6. The molecule has 1 aromatic heterocycles. The number of hydrogen-bond acceptors (Lipinski definition) is 4. The Bertz CT molecular complexity index is 1250. The van der Waals surface area contributed by atoms with E-state index in [1.54, 1.807) is 12.2 Å². The molecule has 2 aliphatic rings. The van der Waals surface area contributed by atoms with Crippen molar-refractivity contribution in [3.8, 4) is 11.3 Å². The lowest BCUT2D eigenvalue weighted by Crippen LogP contribution is -2.44. The number of nitrogens with zero attached hydrogens (tertiary/aromatic N) is 3. The molecule has 1 saturated heterocycles. The summed E-state index contributed by atoms with van der Waals surface area (Å²) in [6.07, 6.45) is 3.60. The normalized spacial score (nSPS) is 18.3. The van der Waals surface area contributed by atoms with E-state index in [1.807, 2.05) is 6.08 Å². The second-order valence-electron chi connectivity index (χ2n) is 10.8. The summed E-state index contributed by atoms with van der Waals surface area (Å²) >= 11 is 0. The van der Waals surface area contributed by atoms with Gasteiger partial charge in [0.2, 0.25) is 0 Å². The zero-order valence-electron chi connectivity index (χ0n) is 21.6. The number of likely N-dealkylation sites (tertiary alicyclic amines) is 1. The number of carbonyl (C=O) groups excluding carboxylic acids is 1. The summed E-state index contributed by atoms with van der Waals surface area (Å²) in [4.78, 5) is 27.0. The van der Waals surface area contributed by atoms with Crippen LogP contribution in [-0.2, 0) is 11.0 Å². The molecular weight excluding hydrogens is 497 g/mol. The van der Waals surface area contributed by atoms with Crippen molar-refractivity contribution in [2.45, 2.75) is 58.2 Å². The summed E-state index contributed by atoms with van der Waals surface area (Å²) in [6, 6.07) is 5.87. The van der Waals surface area contributed by atoms with Gasteiger partial charge in [-0.3, -0.25) is 9.59 Å². The Hall–Kier alpha value is -3.40. The number of aliphatic carboxylic acids is 1. The molecule has 2 heterocycles. The number of allylic oxidation sites excluding steroid dienone is 4. The molecule has 0 unspecified atom stereocenters. The number of carboxylic acid groups (broad SMARTS) is 1. The first-order valence-electron chi connectivity index (χ1n) is 12.8. The largest absolute Gasteiger partial charge is 0.481 e. The van der Waals surface area contributed by atoms with Gasteiger partial charge in [-0.25, -0.2) is 4.68 Å². The van der Waals surface area contributed by atoms with Gasteiger partial charge in [-0.1, -0.05) is 44.2 Å². The van der Waals surface area contributed by atoms with Crippen LogP contribution in [0.1, 0.15) is 62.0 Å². The predicted octanol–water partition coefficient (Wildman–Crippen LogP) is 5.45. The van der Waals surface area contributed by atoms with Gasteiger partial charge in [0.1, 0.15) is 0 Å². The Labute approximate surface area is 220 Å². The average Bonchev–Trinajstić information content (AvgIpc) is 3.51. The second kappa shape index (κ2) is 11.1. The molecule has 38 heavy (non-hydrogen) atoms. The molecular formula is C28H33F3N4O3. The molecule has 7 nitrogen and oxygen atoms in total.